The summed E-state index contributed by atoms with van der Waals surface area (Å²) < 4.78 is 0. The summed E-state index contributed by atoms with van der Waals surface area (Å²) in [7, 11) is 0. The van der Waals surface area contributed by atoms with E-state index in [1.165, 1.54) is 0 Å². The SMILES string of the molecule is CC1=C(C)C2(C)C1(C)C1(C)C(C)=C(C)C21C. The summed E-state index contributed by atoms with van der Waals surface area (Å²) >= 11 is 0. The van der Waals surface area contributed by atoms with Gasteiger partial charge in [0.15, 0.2) is 0 Å². The van der Waals surface area contributed by atoms with Crippen molar-refractivity contribution in [3.8, 4) is 0 Å². The second-order valence-electron chi connectivity index (χ2n) is 7.00. The summed E-state index contributed by atoms with van der Waals surface area (Å²) in [5, 5.41) is 0. The minimum Gasteiger partial charge on any atom is -0.0661 e. The minimum absolute atomic E-state index is 0.419. The Balaban J connectivity index is 2.32. The molecule has 0 aromatic carbocycles. The maximum absolute atomic E-state index is 2.49. The van der Waals surface area contributed by atoms with Crippen LogP contribution in [0.3, 0.4) is 0 Å². The minimum atomic E-state index is 0.419. The fourth-order valence-electron chi connectivity index (χ4n) is 6.31. The molecular formula is C16H24. The molecule has 0 atom stereocenters. The van der Waals surface area contributed by atoms with Crippen LogP contribution >= 0.6 is 0 Å². The molecule has 88 valence electrons. The maximum Gasteiger partial charge on any atom is 0.00827 e. The topological polar surface area (TPSA) is 0 Å². The van der Waals surface area contributed by atoms with Crippen LogP contribution in [0.4, 0.5) is 0 Å². The maximum atomic E-state index is 2.49. The van der Waals surface area contributed by atoms with E-state index in [4.69, 9.17) is 0 Å². The van der Waals surface area contributed by atoms with E-state index in [9.17, 15) is 0 Å². The molecule has 1 fully saturated rings. The van der Waals surface area contributed by atoms with Gasteiger partial charge >= 0.3 is 0 Å². The quantitative estimate of drug-likeness (QED) is 0.514. The van der Waals surface area contributed by atoms with E-state index in [0.717, 1.165) is 0 Å². The van der Waals surface area contributed by atoms with E-state index in [-0.39, 0.29) is 0 Å². The van der Waals surface area contributed by atoms with Gasteiger partial charge in [-0.3, -0.25) is 0 Å². The second kappa shape index (κ2) is 2.09. The summed E-state index contributed by atoms with van der Waals surface area (Å²) in [5.74, 6) is 0. The standard InChI is InChI=1S/C16H24/c1-9-10(2)14(6)13(9,5)15(7)11(3)12(4)16(14,15)8/h1-8H3. The fraction of sp³-hybridized carbons (Fsp3) is 0.750. The van der Waals surface area contributed by atoms with Crippen molar-refractivity contribution in [1.29, 1.82) is 0 Å². The van der Waals surface area contributed by atoms with Gasteiger partial charge < -0.3 is 0 Å². The van der Waals surface area contributed by atoms with Crippen LogP contribution in [0, 0.1) is 21.7 Å². The van der Waals surface area contributed by atoms with Gasteiger partial charge in [0.2, 0.25) is 0 Å². The molecule has 0 saturated heterocycles. The number of hydrogen-bond acceptors (Lipinski definition) is 0. The number of hydrogen-bond donors (Lipinski definition) is 0. The first-order valence-corrected chi connectivity index (χ1v) is 6.50. The van der Waals surface area contributed by atoms with Crippen LogP contribution in [0.15, 0.2) is 22.3 Å². The van der Waals surface area contributed by atoms with Crippen LogP contribution in [-0.2, 0) is 0 Å². The first kappa shape index (κ1) is 10.6. The molecular weight excluding hydrogens is 192 g/mol. The molecule has 0 radical (unpaired) electrons. The molecule has 16 heavy (non-hydrogen) atoms. The molecule has 0 amide bonds. The van der Waals surface area contributed by atoms with E-state index < -0.39 is 0 Å². The lowest BCUT2D eigenvalue weighted by Crippen LogP contribution is -2.84. The van der Waals surface area contributed by atoms with E-state index in [2.05, 4.69) is 55.4 Å². The molecule has 0 heteroatoms. The molecule has 0 N–H and O–H groups in total. The summed E-state index contributed by atoms with van der Waals surface area (Å²) in [6, 6.07) is 0. The molecule has 0 aromatic rings. The van der Waals surface area contributed by atoms with Gasteiger partial charge in [-0.2, -0.15) is 0 Å². The predicted octanol–water partition coefficient (Wildman–Crippen LogP) is 4.73. The summed E-state index contributed by atoms with van der Waals surface area (Å²) in [4.78, 5) is 0. The highest BCUT2D eigenvalue weighted by atomic mass is 14.9. The van der Waals surface area contributed by atoms with Crippen LogP contribution < -0.4 is 0 Å². The lowest BCUT2D eigenvalue weighted by atomic mass is 9.12. The Hall–Kier alpha value is -0.520. The van der Waals surface area contributed by atoms with Crippen molar-refractivity contribution in [3.05, 3.63) is 22.3 Å². The van der Waals surface area contributed by atoms with Gasteiger partial charge in [-0.05, 0) is 27.7 Å². The zero-order chi connectivity index (χ0) is 12.3. The monoisotopic (exact) mass is 216 g/mol. The predicted molar refractivity (Wildman–Crippen MR) is 69.2 cm³/mol. The third-order valence-corrected chi connectivity index (χ3v) is 8.12. The second-order valence-corrected chi connectivity index (χ2v) is 7.00. The lowest BCUT2D eigenvalue weighted by molar-refractivity contribution is -0.288. The van der Waals surface area contributed by atoms with Crippen molar-refractivity contribution in [2.75, 3.05) is 0 Å². The Bertz CT molecular complexity index is 386. The first-order valence-electron chi connectivity index (χ1n) is 6.50. The third kappa shape index (κ3) is 0.461. The van der Waals surface area contributed by atoms with Crippen LogP contribution in [-0.4, -0.2) is 0 Å². The van der Waals surface area contributed by atoms with E-state index in [1.807, 2.05) is 0 Å². The van der Waals surface area contributed by atoms with Gasteiger partial charge in [-0.1, -0.05) is 50.0 Å². The van der Waals surface area contributed by atoms with Crippen molar-refractivity contribution in [1.82, 2.24) is 0 Å². The number of fused-ring (bicyclic) bond motifs is 4. The van der Waals surface area contributed by atoms with Gasteiger partial charge in [-0.25, -0.2) is 0 Å². The molecule has 0 aliphatic heterocycles. The van der Waals surface area contributed by atoms with Crippen molar-refractivity contribution < 1.29 is 0 Å². The summed E-state index contributed by atoms with van der Waals surface area (Å²) in [6.45, 7) is 19.4. The molecule has 0 heterocycles. The average molecular weight is 216 g/mol. The molecule has 0 unspecified atom stereocenters. The zero-order valence-electron chi connectivity index (χ0n) is 12.0. The summed E-state index contributed by atoms with van der Waals surface area (Å²) in [6.07, 6.45) is 0. The molecule has 3 aliphatic carbocycles. The van der Waals surface area contributed by atoms with E-state index in [0.29, 0.717) is 21.7 Å². The summed E-state index contributed by atoms with van der Waals surface area (Å²) in [5.41, 5.74) is 8.29. The van der Waals surface area contributed by atoms with Gasteiger partial charge in [0.25, 0.3) is 0 Å². The molecule has 0 bridgehead atoms. The smallest absolute Gasteiger partial charge is 0.00827 e. The first-order chi connectivity index (χ1) is 7.13. The van der Waals surface area contributed by atoms with Crippen molar-refractivity contribution in [3.63, 3.8) is 0 Å². The van der Waals surface area contributed by atoms with Gasteiger partial charge in [0.1, 0.15) is 0 Å². The zero-order valence-corrected chi connectivity index (χ0v) is 12.0. The van der Waals surface area contributed by atoms with Crippen LogP contribution in [0.25, 0.3) is 0 Å². The molecule has 3 aliphatic rings. The Morgan fingerprint density at radius 3 is 0.688 bits per heavy atom. The normalized spacial score (nSPS) is 58.5. The van der Waals surface area contributed by atoms with Crippen LogP contribution in [0.5, 0.6) is 0 Å². The lowest BCUT2D eigenvalue weighted by Gasteiger charge is -2.90. The third-order valence-electron chi connectivity index (χ3n) is 8.12. The Labute approximate surface area is 99.8 Å². The van der Waals surface area contributed by atoms with Crippen molar-refractivity contribution >= 4 is 0 Å². The van der Waals surface area contributed by atoms with Crippen LogP contribution in [0.1, 0.15) is 55.4 Å². The Kier molecular flexibility index (Phi) is 1.39. The highest BCUT2D eigenvalue weighted by Gasteiger charge is 2.89. The largest absolute Gasteiger partial charge is 0.0661 e. The number of rotatable bonds is 0. The van der Waals surface area contributed by atoms with Crippen molar-refractivity contribution in [2.45, 2.75) is 55.4 Å². The molecule has 0 spiro atoms. The average Bonchev–Trinajstić information content (AvgIpc) is 2.30. The Morgan fingerprint density at radius 1 is 0.438 bits per heavy atom. The van der Waals surface area contributed by atoms with Crippen molar-refractivity contribution in [2.24, 2.45) is 21.7 Å². The fourth-order valence-corrected chi connectivity index (χ4v) is 6.31. The van der Waals surface area contributed by atoms with E-state index in [1.54, 1.807) is 22.3 Å². The van der Waals surface area contributed by atoms with Gasteiger partial charge in [-0.15, -0.1) is 0 Å². The van der Waals surface area contributed by atoms with Crippen LogP contribution in [0.2, 0.25) is 0 Å². The highest BCUT2D eigenvalue weighted by molar-refractivity contribution is 5.66. The number of allylic oxidation sites excluding steroid dienone is 4. The Morgan fingerprint density at radius 2 is 0.562 bits per heavy atom. The molecule has 0 aromatic heterocycles. The van der Waals surface area contributed by atoms with E-state index >= 15 is 0 Å². The molecule has 3 rings (SSSR count). The molecule has 0 nitrogen and oxygen atoms in total. The van der Waals surface area contributed by atoms with Gasteiger partial charge in [0.05, 0.1) is 0 Å². The highest BCUT2D eigenvalue weighted by Crippen LogP contribution is 2.95. The molecule has 1 saturated carbocycles. The van der Waals surface area contributed by atoms with Gasteiger partial charge in [0, 0.05) is 21.7 Å².